The molecular weight excluding hydrogens is 334 g/mol. The van der Waals surface area contributed by atoms with Crippen molar-refractivity contribution in [2.75, 3.05) is 25.2 Å². The lowest BCUT2D eigenvalue weighted by Crippen LogP contribution is -2.48. The van der Waals surface area contributed by atoms with Crippen LogP contribution in [0.15, 0.2) is 24.3 Å². The van der Waals surface area contributed by atoms with Crippen molar-refractivity contribution in [3.63, 3.8) is 0 Å². The second kappa shape index (κ2) is 7.21. The summed E-state index contributed by atoms with van der Waals surface area (Å²) in [6.07, 6.45) is 0.407. The summed E-state index contributed by atoms with van der Waals surface area (Å²) in [5, 5.41) is 2.63. The molecule has 1 amide bonds. The van der Waals surface area contributed by atoms with Gasteiger partial charge in [-0.1, -0.05) is 12.1 Å². The number of benzene rings is 1. The summed E-state index contributed by atoms with van der Waals surface area (Å²) in [6.45, 7) is 1.25. The van der Waals surface area contributed by atoms with E-state index in [9.17, 15) is 18.0 Å². The summed E-state index contributed by atoms with van der Waals surface area (Å²) < 4.78 is 33.0. The van der Waals surface area contributed by atoms with Gasteiger partial charge in [-0.05, 0) is 31.0 Å². The van der Waals surface area contributed by atoms with Gasteiger partial charge in [0.15, 0.2) is 16.4 Å². The number of sulfone groups is 1. The second-order valence-electron chi connectivity index (χ2n) is 6.14. The van der Waals surface area contributed by atoms with Crippen molar-refractivity contribution in [2.45, 2.75) is 25.3 Å². The van der Waals surface area contributed by atoms with Crippen LogP contribution in [0, 0.1) is 0 Å². The third kappa shape index (κ3) is 5.23. The molecule has 0 saturated carbocycles. The minimum absolute atomic E-state index is 0.0446. The van der Waals surface area contributed by atoms with Crippen LogP contribution in [0.1, 0.15) is 18.9 Å². The average molecular weight is 355 g/mol. The maximum atomic E-state index is 11.9. The molecule has 1 heterocycles. The lowest BCUT2D eigenvalue weighted by molar-refractivity contribution is -0.148. The van der Waals surface area contributed by atoms with E-state index in [4.69, 9.17) is 9.47 Å². The molecule has 0 aromatic heterocycles. The highest BCUT2D eigenvalue weighted by Crippen LogP contribution is 2.22. The smallest absolute Gasteiger partial charge is 0.310 e. The highest BCUT2D eigenvalue weighted by Gasteiger charge is 2.39. The molecular formula is C16H21NO6S. The number of hydrogen-bond acceptors (Lipinski definition) is 6. The Labute approximate surface area is 141 Å². The summed E-state index contributed by atoms with van der Waals surface area (Å²) in [7, 11) is -1.56. The van der Waals surface area contributed by atoms with Crippen molar-refractivity contribution in [3.05, 3.63) is 29.8 Å². The zero-order valence-electron chi connectivity index (χ0n) is 13.7. The van der Waals surface area contributed by atoms with Gasteiger partial charge >= 0.3 is 5.97 Å². The lowest BCUT2D eigenvalue weighted by atomic mass is 10.0. The third-order valence-corrected chi connectivity index (χ3v) is 5.72. The number of rotatable bonds is 6. The number of methoxy groups -OCH3 is 1. The Morgan fingerprint density at radius 1 is 1.25 bits per heavy atom. The van der Waals surface area contributed by atoms with E-state index in [2.05, 4.69) is 5.32 Å². The topological polar surface area (TPSA) is 98.8 Å². The Morgan fingerprint density at radius 2 is 1.92 bits per heavy atom. The van der Waals surface area contributed by atoms with Gasteiger partial charge in [-0.3, -0.25) is 9.59 Å². The number of esters is 1. The molecule has 0 radical (unpaired) electrons. The minimum atomic E-state index is -3.11. The van der Waals surface area contributed by atoms with Crippen molar-refractivity contribution in [3.8, 4) is 5.75 Å². The zero-order valence-corrected chi connectivity index (χ0v) is 14.5. The fraction of sp³-hybridized carbons (Fsp3) is 0.500. The van der Waals surface area contributed by atoms with Gasteiger partial charge in [0, 0.05) is 0 Å². The summed E-state index contributed by atoms with van der Waals surface area (Å²) in [6, 6.07) is 6.95. The molecule has 2 rings (SSSR count). The van der Waals surface area contributed by atoms with E-state index in [1.54, 1.807) is 38.3 Å². The number of nitrogens with one attached hydrogen (secondary N) is 1. The molecule has 0 aliphatic carbocycles. The molecule has 132 valence electrons. The number of carbonyl (C=O) groups excluding carboxylic acids is 2. The van der Waals surface area contributed by atoms with Gasteiger partial charge in [0.05, 0.1) is 30.6 Å². The maximum Gasteiger partial charge on any atom is 0.310 e. The monoisotopic (exact) mass is 355 g/mol. The van der Waals surface area contributed by atoms with Gasteiger partial charge in [-0.25, -0.2) is 8.42 Å². The van der Waals surface area contributed by atoms with E-state index in [-0.39, 0.29) is 17.9 Å². The van der Waals surface area contributed by atoms with E-state index < -0.39 is 33.9 Å². The first-order valence-corrected chi connectivity index (χ1v) is 9.33. The van der Waals surface area contributed by atoms with Crippen LogP contribution in [0.4, 0.5) is 0 Å². The molecule has 1 saturated heterocycles. The molecule has 24 heavy (non-hydrogen) atoms. The predicted molar refractivity (Wildman–Crippen MR) is 87.5 cm³/mol. The van der Waals surface area contributed by atoms with Crippen LogP contribution < -0.4 is 10.1 Å². The Morgan fingerprint density at radius 3 is 2.46 bits per heavy atom. The number of amides is 1. The van der Waals surface area contributed by atoms with Gasteiger partial charge in [0.25, 0.3) is 5.91 Å². The largest absolute Gasteiger partial charge is 0.497 e. The first kappa shape index (κ1) is 18.3. The molecule has 8 heteroatoms. The van der Waals surface area contributed by atoms with Crippen LogP contribution in [0.25, 0.3) is 0 Å². The molecule has 1 fully saturated rings. The average Bonchev–Trinajstić information content (AvgIpc) is 2.79. The molecule has 1 aromatic carbocycles. The molecule has 7 nitrogen and oxygen atoms in total. The van der Waals surface area contributed by atoms with E-state index in [1.807, 2.05) is 0 Å². The molecule has 0 bridgehead atoms. The van der Waals surface area contributed by atoms with Crippen LogP contribution in [-0.4, -0.2) is 51.1 Å². The minimum Gasteiger partial charge on any atom is -0.497 e. The quantitative estimate of drug-likeness (QED) is 0.745. The van der Waals surface area contributed by atoms with Gasteiger partial charge in [0.1, 0.15) is 5.75 Å². The van der Waals surface area contributed by atoms with E-state index in [1.165, 1.54) is 0 Å². The summed E-state index contributed by atoms with van der Waals surface area (Å²) >= 11 is 0. The fourth-order valence-corrected chi connectivity index (χ4v) is 4.68. The van der Waals surface area contributed by atoms with Crippen LogP contribution in [0.3, 0.4) is 0 Å². The van der Waals surface area contributed by atoms with Crippen LogP contribution in [0.5, 0.6) is 5.75 Å². The van der Waals surface area contributed by atoms with Crippen molar-refractivity contribution in [1.82, 2.24) is 5.32 Å². The molecule has 0 spiro atoms. The predicted octanol–water partition coefficient (Wildman–Crippen LogP) is 0.474. The van der Waals surface area contributed by atoms with Gasteiger partial charge in [-0.15, -0.1) is 0 Å². The van der Waals surface area contributed by atoms with E-state index >= 15 is 0 Å². The van der Waals surface area contributed by atoms with Gasteiger partial charge in [-0.2, -0.15) is 0 Å². The van der Waals surface area contributed by atoms with Crippen molar-refractivity contribution >= 4 is 21.7 Å². The SMILES string of the molecule is COc1ccc(CC(=O)OCC(=O)N[C@@]2(C)CCS(=O)(=O)C2)cc1. The third-order valence-electron chi connectivity index (χ3n) is 3.82. The molecule has 0 unspecified atom stereocenters. The van der Waals surface area contributed by atoms with Crippen molar-refractivity contribution in [2.24, 2.45) is 0 Å². The molecule has 1 aromatic rings. The van der Waals surface area contributed by atoms with Gasteiger partial charge in [0.2, 0.25) is 0 Å². The summed E-state index contributed by atoms with van der Waals surface area (Å²) in [4.78, 5) is 23.6. The van der Waals surface area contributed by atoms with Crippen LogP contribution in [0.2, 0.25) is 0 Å². The summed E-state index contributed by atoms with van der Waals surface area (Å²) in [5.74, 6) is -0.379. The first-order chi connectivity index (χ1) is 11.2. The zero-order chi connectivity index (χ0) is 17.8. The van der Waals surface area contributed by atoms with E-state index in [0.29, 0.717) is 12.2 Å². The van der Waals surface area contributed by atoms with Gasteiger partial charge < -0.3 is 14.8 Å². The molecule has 1 atom stereocenters. The van der Waals surface area contributed by atoms with Crippen LogP contribution >= 0.6 is 0 Å². The van der Waals surface area contributed by atoms with Crippen molar-refractivity contribution in [1.29, 1.82) is 0 Å². The summed E-state index contributed by atoms with van der Waals surface area (Å²) in [5.41, 5.74) is -0.0479. The fourth-order valence-electron chi connectivity index (χ4n) is 2.59. The molecule has 1 aliphatic heterocycles. The first-order valence-electron chi connectivity index (χ1n) is 7.51. The highest BCUT2D eigenvalue weighted by molar-refractivity contribution is 7.91. The lowest BCUT2D eigenvalue weighted by Gasteiger charge is -2.23. The Bertz CT molecular complexity index is 713. The number of carbonyl (C=O) groups is 2. The normalized spacial score (nSPS) is 21.9. The maximum absolute atomic E-state index is 11.9. The van der Waals surface area contributed by atoms with Crippen LogP contribution in [-0.2, 0) is 30.6 Å². The Balaban J connectivity index is 1.77. The Hall–Kier alpha value is -2.09. The number of ether oxygens (including phenoxy) is 2. The van der Waals surface area contributed by atoms with Crippen molar-refractivity contribution < 1.29 is 27.5 Å². The molecule has 1 N–H and O–H groups in total. The molecule has 1 aliphatic rings. The van der Waals surface area contributed by atoms with E-state index in [0.717, 1.165) is 5.56 Å². The Kier molecular flexibility index (Phi) is 5.48. The standard InChI is InChI=1S/C16H21NO6S/c1-16(7-8-24(20,21)11-16)17-14(18)10-23-15(19)9-12-3-5-13(22-2)6-4-12/h3-6H,7-11H2,1-2H3,(H,17,18)/t16-/m0/s1. The number of hydrogen-bond donors (Lipinski definition) is 1. The second-order valence-corrected chi connectivity index (χ2v) is 8.32. The highest BCUT2D eigenvalue weighted by atomic mass is 32.2.